The average Bonchev–Trinajstić information content (AvgIpc) is 2.57. The van der Waals surface area contributed by atoms with Gasteiger partial charge in [0.15, 0.2) is 5.43 Å². The summed E-state index contributed by atoms with van der Waals surface area (Å²) in [6.07, 6.45) is 3.20. The molecule has 0 bridgehead atoms. The lowest BCUT2D eigenvalue weighted by molar-refractivity contribution is 0.544. The van der Waals surface area contributed by atoms with E-state index in [4.69, 9.17) is 0 Å². The second kappa shape index (κ2) is 6.26. The molecule has 0 radical (unpaired) electrons. The van der Waals surface area contributed by atoms with E-state index in [-0.39, 0.29) is 5.43 Å². The van der Waals surface area contributed by atoms with E-state index in [0.29, 0.717) is 36.3 Å². The van der Waals surface area contributed by atoms with E-state index in [1.54, 1.807) is 12.3 Å². The van der Waals surface area contributed by atoms with Crippen molar-refractivity contribution >= 4 is 32.5 Å². The van der Waals surface area contributed by atoms with Crippen LogP contribution in [-0.4, -0.2) is 11.1 Å². The van der Waals surface area contributed by atoms with Gasteiger partial charge in [-0.15, -0.1) is 0 Å². The van der Waals surface area contributed by atoms with Gasteiger partial charge >= 0.3 is 0 Å². The zero-order chi connectivity index (χ0) is 17.6. The average molecular weight is 405 g/mol. The Hall–Kier alpha value is -2.21. The summed E-state index contributed by atoms with van der Waals surface area (Å²) in [6, 6.07) is 9.31. The minimum atomic E-state index is -0.547. The van der Waals surface area contributed by atoms with Crippen LogP contribution in [0.15, 0.2) is 51.9 Å². The highest BCUT2D eigenvalue weighted by Gasteiger charge is 2.22. The number of nitrogens with zero attached hydrogens (tertiary/aromatic N) is 2. The highest BCUT2D eigenvalue weighted by Crippen LogP contribution is 2.32. The standard InChI is InChI=1S/C19H15BrF2N2O/c20-15-5-1-4-14-17(25)6-8-24(19(14)15)11-23-7-2-3-12-9-13(21)10-16(22)18(12)23/h1,4-6,8-10H,2-3,7,11H2. The van der Waals surface area contributed by atoms with Crippen LogP contribution in [0.25, 0.3) is 10.9 Å². The van der Waals surface area contributed by atoms with Crippen LogP contribution in [-0.2, 0) is 13.1 Å². The number of para-hydroxylation sites is 1. The molecule has 3 aromatic rings. The first-order chi connectivity index (χ1) is 12.0. The second-order valence-electron chi connectivity index (χ2n) is 6.19. The molecule has 0 saturated carbocycles. The molecule has 0 atom stereocenters. The Kier molecular flexibility index (Phi) is 4.07. The van der Waals surface area contributed by atoms with Crippen molar-refractivity contribution in [3.63, 3.8) is 0 Å². The van der Waals surface area contributed by atoms with Crippen molar-refractivity contribution in [2.24, 2.45) is 0 Å². The largest absolute Gasteiger partial charge is 0.351 e. The minimum absolute atomic E-state index is 0.0557. The molecule has 1 aromatic heterocycles. The van der Waals surface area contributed by atoms with Gasteiger partial charge in [0.05, 0.1) is 17.9 Å². The van der Waals surface area contributed by atoms with Gasteiger partial charge in [-0.3, -0.25) is 4.79 Å². The van der Waals surface area contributed by atoms with Crippen molar-refractivity contribution in [3.05, 3.63) is 74.5 Å². The van der Waals surface area contributed by atoms with Crippen LogP contribution < -0.4 is 10.3 Å². The van der Waals surface area contributed by atoms with Crippen molar-refractivity contribution in [2.75, 3.05) is 11.4 Å². The molecule has 2 aromatic carbocycles. The molecular weight excluding hydrogens is 390 g/mol. The molecule has 0 aliphatic carbocycles. The summed E-state index contributed by atoms with van der Waals surface area (Å²) >= 11 is 3.50. The van der Waals surface area contributed by atoms with Gasteiger partial charge in [-0.1, -0.05) is 6.07 Å². The molecule has 2 heterocycles. The van der Waals surface area contributed by atoms with Crippen LogP contribution in [0.5, 0.6) is 0 Å². The summed E-state index contributed by atoms with van der Waals surface area (Å²) in [6.45, 7) is 1.06. The maximum Gasteiger partial charge on any atom is 0.189 e. The number of rotatable bonds is 2. The lowest BCUT2D eigenvalue weighted by Gasteiger charge is -2.32. The molecule has 0 saturated heterocycles. The third-order valence-electron chi connectivity index (χ3n) is 4.57. The van der Waals surface area contributed by atoms with Crippen molar-refractivity contribution in [2.45, 2.75) is 19.5 Å². The van der Waals surface area contributed by atoms with E-state index in [0.717, 1.165) is 22.5 Å². The van der Waals surface area contributed by atoms with Crippen molar-refractivity contribution in [1.29, 1.82) is 0 Å². The van der Waals surface area contributed by atoms with Crippen molar-refractivity contribution in [3.8, 4) is 0 Å². The third-order valence-corrected chi connectivity index (χ3v) is 5.21. The lowest BCUT2D eigenvalue weighted by Crippen LogP contribution is -2.33. The molecule has 25 heavy (non-hydrogen) atoms. The zero-order valence-electron chi connectivity index (χ0n) is 13.3. The number of aromatic nitrogens is 1. The highest BCUT2D eigenvalue weighted by atomic mass is 79.9. The molecular formula is C19H15BrF2N2O. The predicted octanol–water partition coefficient (Wildman–Crippen LogP) is 4.45. The van der Waals surface area contributed by atoms with Gasteiger partial charge in [-0.05, 0) is 52.5 Å². The normalized spacial score (nSPS) is 14.0. The van der Waals surface area contributed by atoms with E-state index >= 15 is 0 Å². The number of hydrogen-bond donors (Lipinski definition) is 0. The smallest absolute Gasteiger partial charge is 0.189 e. The fourth-order valence-electron chi connectivity index (χ4n) is 3.51. The van der Waals surface area contributed by atoms with Crippen LogP contribution in [0.2, 0.25) is 0 Å². The molecule has 0 fully saturated rings. The Morgan fingerprint density at radius 2 is 2.00 bits per heavy atom. The van der Waals surface area contributed by atoms with Gasteiger partial charge in [0.25, 0.3) is 0 Å². The number of aryl methyl sites for hydroxylation is 1. The van der Waals surface area contributed by atoms with Crippen LogP contribution in [0.4, 0.5) is 14.5 Å². The van der Waals surface area contributed by atoms with E-state index in [2.05, 4.69) is 15.9 Å². The first kappa shape index (κ1) is 16.3. The third kappa shape index (κ3) is 2.84. The summed E-state index contributed by atoms with van der Waals surface area (Å²) in [5, 5.41) is 0.605. The van der Waals surface area contributed by atoms with Gasteiger partial charge in [0.1, 0.15) is 11.6 Å². The summed E-state index contributed by atoms with van der Waals surface area (Å²) in [5.74, 6) is -1.09. The highest BCUT2D eigenvalue weighted by molar-refractivity contribution is 9.10. The summed E-state index contributed by atoms with van der Waals surface area (Å²) < 4.78 is 30.6. The number of anilines is 1. The fraction of sp³-hybridized carbons (Fsp3) is 0.211. The Morgan fingerprint density at radius 1 is 1.16 bits per heavy atom. The molecule has 0 amide bonds. The maximum atomic E-state index is 14.4. The van der Waals surface area contributed by atoms with Gasteiger partial charge in [-0.25, -0.2) is 8.78 Å². The van der Waals surface area contributed by atoms with E-state index < -0.39 is 11.6 Å². The van der Waals surface area contributed by atoms with Gasteiger partial charge in [0, 0.05) is 34.7 Å². The maximum absolute atomic E-state index is 14.4. The number of halogens is 3. The fourth-order valence-corrected chi connectivity index (χ4v) is 4.10. The first-order valence-corrected chi connectivity index (χ1v) is 8.84. The van der Waals surface area contributed by atoms with E-state index in [1.807, 2.05) is 21.6 Å². The van der Waals surface area contributed by atoms with E-state index in [1.165, 1.54) is 12.1 Å². The molecule has 1 aliphatic heterocycles. The van der Waals surface area contributed by atoms with Gasteiger partial charge in [0.2, 0.25) is 0 Å². The second-order valence-corrected chi connectivity index (χ2v) is 7.04. The SMILES string of the molecule is O=c1ccn(CN2CCCc3cc(F)cc(F)c32)c2c(Br)cccc12. The molecule has 128 valence electrons. The molecule has 0 spiro atoms. The van der Waals surface area contributed by atoms with Crippen molar-refractivity contribution < 1.29 is 8.78 Å². The van der Waals surface area contributed by atoms with Crippen molar-refractivity contribution in [1.82, 2.24) is 4.57 Å². The zero-order valence-corrected chi connectivity index (χ0v) is 14.9. The summed E-state index contributed by atoms with van der Waals surface area (Å²) in [5.41, 5.74) is 1.85. The molecule has 0 N–H and O–H groups in total. The predicted molar refractivity (Wildman–Crippen MR) is 97.9 cm³/mol. The van der Waals surface area contributed by atoms with Crippen LogP contribution in [0, 0.1) is 11.6 Å². The quantitative estimate of drug-likeness (QED) is 0.630. The Bertz CT molecular complexity index is 1030. The lowest BCUT2D eigenvalue weighted by atomic mass is 10.0. The Morgan fingerprint density at radius 3 is 2.84 bits per heavy atom. The molecule has 0 unspecified atom stereocenters. The first-order valence-electron chi connectivity index (χ1n) is 8.05. The number of hydrogen-bond acceptors (Lipinski definition) is 2. The van der Waals surface area contributed by atoms with Gasteiger partial charge in [-0.2, -0.15) is 0 Å². The van der Waals surface area contributed by atoms with Gasteiger partial charge < -0.3 is 9.47 Å². The van der Waals surface area contributed by atoms with Crippen LogP contribution in [0.3, 0.4) is 0 Å². The molecule has 4 rings (SSSR count). The minimum Gasteiger partial charge on any atom is -0.351 e. The molecule has 6 heteroatoms. The number of benzene rings is 2. The van der Waals surface area contributed by atoms with E-state index in [9.17, 15) is 13.6 Å². The Balaban J connectivity index is 1.82. The summed E-state index contributed by atoms with van der Waals surface area (Å²) in [7, 11) is 0. The summed E-state index contributed by atoms with van der Waals surface area (Å²) in [4.78, 5) is 14.0. The molecule has 1 aliphatic rings. The van der Waals surface area contributed by atoms with Crippen LogP contribution >= 0.6 is 15.9 Å². The Labute approximate surface area is 151 Å². The van der Waals surface area contributed by atoms with Crippen LogP contribution in [0.1, 0.15) is 12.0 Å². The topological polar surface area (TPSA) is 25.2 Å². The number of pyridine rings is 1. The monoisotopic (exact) mass is 404 g/mol. The molecule has 3 nitrogen and oxygen atoms in total. The number of fused-ring (bicyclic) bond motifs is 2.